The van der Waals surface area contributed by atoms with Crippen LogP contribution in [0.25, 0.3) is 0 Å². The number of Topliss-reactive ketones (excluding diaryl/α,β-unsaturated/α-hetero) is 1. The van der Waals surface area contributed by atoms with Crippen LogP contribution in [-0.4, -0.2) is 66.3 Å². The summed E-state index contributed by atoms with van der Waals surface area (Å²) in [6.45, 7) is 10.5. The molecule has 0 fully saturated rings. The number of carbonyl (C=O) groups is 1. The largest absolute Gasteiger partial charge is 0.470 e. The molecule has 0 aliphatic heterocycles. The van der Waals surface area contributed by atoms with Crippen LogP contribution < -0.4 is 4.74 Å². The Labute approximate surface area is 207 Å². The smallest absolute Gasteiger partial charge is 0.265 e. The number of ketones is 1. The van der Waals surface area contributed by atoms with E-state index in [0.717, 1.165) is 5.56 Å². The van der Waals surface area contributed by atoms with Gasteiger partial charge in [-0.3, -0.25) is 9.69 Å². The topological polar surface area (TPSA) is 105 Å². The van der Waals surface area contributed by atoms with Gasteiger partial charge in [-0.25, -0.2) is 0 Å². The van der Waals surface area contributed by atoms with Gasteiger partial charge in [-0.05, 0) is 42.9 Å². The molecule has 0 radical (unpaired) electrons. The summed E-state index contributed by atoms with van der Waals surface area (Å²) in [5.74, 6) is -0.940. The summed E-state index contributed by atoms with van der Waals surface area (Å²) in [7, 11) is 1.22. The molecule has 8 nitrogen and oxygen atoms in total. The Morgan fingerprint density at radius 2 is 1.83 bits per heavy atom. The lowest BCUT2D eigenvalue weighted by Crippen LogP contribution is -2.67. The molecule has 0 saturated heterocycles. The third kappa shape index (κ3) is 4.29. The second-order valence-electron chi connectivity index (χ2n) is 11.3. The molecule has 2 aliphatic carbocycles. The number of carbonyl (C=O) groups excluding carboxylic acids is 1. The monoisotopic (exact) mass is 500 g/mol. The van der Waals surface area contributed by atoms with Crippen molar-refractivity contribution in [1.82, 2.24) is 10.1 Å². The van der Waals surface area contributed by atoms with Gasteiger partial charge in [-0.15, -0.1) is 0 Å². The Hall–Kier alpha value is -2.30. The Morgan fingerprint density at radius 1 is 1.17 bits per heavy atom. The van der Waals surface area contributed by atoms with Crippen molar-refractivity contribution in [2.24, 2.45) is 5.92 Å². The molecule has 2 N–H and O–H groups in total. The molecule has 0 spiro atoms. The van der Waals surface area contributed by atoms with E-state index >= 15 is 0 Å². The fraction of sp³-hybridized carbons (Fsp3) is 0.538. The molecule has 4 rings (SSSR count). The molecule has 1 aromatic carbocycles. The number of ether oxygens (including phenoxy) is 1. The summed E-state index contributed by atoms with van der Waals surface area (Å²) in [6.07, 6.45) is 1.01. The molecular weight excluding hydrogens is 464 g/mol. The van der Waals surface area contributed by atoms with E-state index in [1.807, 2.05) is 62.4 Å². The van der Waals surface area contributed by atoms with Gasteiger partial charge in [0.05, 0.1) is 6.04 Å². The van der Waals surface area contributed by atoms with Crippen LogP contribution in [0.3, 0.4) is 0 Å². The van der Waals surface area contributed by atoms with E-state index in [4.69, 9.17) is 13.7 Å². The Bertz CT molecular complexity index is 1110. The molecule has 9 heteroatoms. The highest BCUT2D eigenvalue weighted by molar-refractivity contribution is 6.74. The summed E-state index contributed by atoms with van der Waals surface area (Å²) >= 11 is 0. The molecule has 1 aromatic heterocycles. The van der Waals surface area contributed by atoms with Crippen LogP contribution in [0.2, 0.25) is 18.1 Å². The first-order valence-corrected chi connectivity index (χ1v) is 14.8. The molecule has 0 unspecified atom stereocenters. The summed E-state index contributed by atoms with van der Waals surface area (Å²) in [5.41, 5.74) is -1.02. The fourth-order valence-corrected chi connectivity index (χ4v) is 5.96. The lowest BCUT2D eigenvalue weighted by atomic mass is 9.64. The third-order valence-electron chi connectivity index (χ3n) is 7.66. The van der Waals surface area contributed by atoms with E-state index < -0.39 is 43.9 Å². The highest BCUT2D eigenvalue weighted by atomic mass is 28.4. The molecule has 1 heterocycles. The van der Waals surface area contributed by atoms with Crippen molar-refractivity contribution in [3.8, 4) is 5.88 Å². The molecule has 2 aromatic rings. The van der Waals surface area contributed by atoms with Crippen LogP contribution in [0, 0.1) is 5.92 Å². The van der Waals surface area contributed by atoms with Gasteiger partial charge in [0, 0.05) is 5.92 Å². The van der Waals surface area contributed by atoms with Gasteiger partial charge in [0.1, 0.15) is 24.4 Å². The summed E-state index contributed by atoms with van der Waals surface area (Å²) in [4.78, 5) is 15.9. The zero-order valence-corrected chi connectivity index (χ0v) is 22.5. The van der Waals surface area contributed by atoms with Crippen molar-refractivity contribution in [3.05, 3.63) is 59.4 Å². The Kier molecular flexibility index (Phi) is 6.61. The second-order valence-corrected chi connectivity index (χ2v) is 16.0. The highest BCUT2D eigenvalue weighted by Crippen LogP contribution is 2.52. The fourth-order valence-electron chi connectivity index (χ4n) is 4.65. The van der Waals surface area contributed by atoms with Crippen LogP contribution in [0.1, 0.15) is 48.5 Å². The number of aliphatic hydroxyl groups excluding tert-OH is 1. The van der Waals surface area contributed by atoms with E-state index in [1.165, 1.54) is 0 Å². The van der Waals surface area contributed by atoms with Crippen LogP contribution >= 0.6 is 0 Å². The van der Waals surface area contributed by atoms with Gasteiger partial charge in [0.25, 0.3) is 5.88 Å². The average molecular weight is 501 g/mol. The average Bonchev–Trinajstić information content (AvgIpc) is 3.19. The van der Waals surface area contributed by atoms with Gasteiger partial charge in [-0.1, -0.05) is 63.3 Å². The standard InChI is InChI=1S/C26H36N2O6Si/c1-25(2,3)35(6,7)34-23-18(29)14-13-17-20(28(4)5)21-19(22(30)26(17,23)31)24(27-33-21)32-15-16-11-9-8-10-12-16/h8-14,17-18,20,23,29,31H,15H2,1-7H3/t17-,18+,20-,23+,26+/m0/s1. The van der Waals surface area contributed by atoms with Crippen molar-refractivity contribution < 1.29 is 28.7 Å². The Morgan fingerprint density at radius 3 is 2.43 bits per heavy atom. The van der Waals surface area contributed by atoms with Crippen LogP contribution in [-0.2, 0) is 11.0 Å². The zero-order valence-electron chi connectivity index (χ0n) is 21.5. The zero-order chi connectivity index (χ0) is 25.8. The van der Waals surface area contributed by atoms with Gasteiger partial charge in [0.2, 0.25) is 5.78 Å². The molecule has 0 saturated carbocycles. The van der Waals surface area contributed by atoms with Crippen molar-refractivity contribution >= 4 is 14.1 Å². The van der Waals surface area contributed by atoms with Crippen LogP contribution in [0.15, 0.2) is 47.0 Å². The van der Waals surface area contributed by atoms with Crippen molar-refractivity contribution in [1.29, 1.82) is 0 Å². The highest BCUT2D eigenvalue weighted by Gasteiger charge is 2.64. The number of nitrogens with zero attached hydrogens (tertiary/aromatic N) is 2. The molecule has 0 bridgehead atoms. The molecule has 190 valence electrons. The summed E-state index contributed by atoms with van der Waals surface area (Å²) in [6, 6.07) is 9.01. The minimum Gasteiger partial charge on any atom is -0.470 e. The minimum atomic E-state index is -2.47. The van der Waals surface area contributed by atoms with Gasteiger partial charge < -0.3 is 23.9 Å². The van der Waals surface area contributed by atoms with Crippen molar-refractivity contribution in [2.75, 3.05) is 14.1 Å². The van der Waals surface area contributed by atoms with E-state index in [9.17, 15) is 15.0 Å². The number of hydrogen-bond donors (Lipinski definition) is 2. The summed E-state index contributed by atoms with van der Waals surface area (Å²) in [5, 5.41) is 27.1. The molecule has 35 heavy (non-hydrogen) atoms. The number of rotatable bonds is 6. The normalized spacial score (nSPS) is 28.7. The van der Waals surface area contributed by atoms with E-state index in [-0.39, 0.29) is 23.1 Å². The van der Waals surface area contributed by atoms with Crippen molar-refractivity contribution in [3.63, 3.8) is 0 Å². The van der Waals surface area contributed by atoms with Gasteiger partial charge in [0.15, 0.2) is 19.7 Å². The van der Waals surface area contributed by atoms with Crippen molar-refractivity contribution in [2.45, 2.75) is 69.4 Å². The first kappa shape index (κ1) is 25.8. The van der Waals surface area contributed by atoms with Crippen LogP contribution in [0.5, 0.6) is 5.88 Å². The number of benzene rings is 1. The SMILES string of the molecule is CN(C)[C@@H]1c2onc(OCc3ccccc3)c2C(=O)[C@@]2(O)[C@H](O[Si](C)(C)C(C)(C)C)[C@H](O)C=C[C@@H]12. The predicted molar refractivity (Wildman–Crippen MR) is 134 cm³/mol. The van der Waals surface area contributed by atoms with Gasteiger partial charge in [-0.2, -0.15) is 0 Å². The van der Waals surface area contributed by atoms with E-state index in [2.05, 4.69) is 25.9 Å². The maximum atomic E-state index is 14.1. The first-order valence-electron chi connectivity index (χ1n) is 11.9. The maximum absolute atomic E-state index is 14.1. The number of aliphatic hydroxyl groups is 2. The molecule has 0 amide bonds. The van der Waals surface area contributed by atoms with Gasteiger partial charge >= 0.3 is 0 Å². The van der Waals surface area contributed by atoms with Crippen LogP contribution in [0.4, 0.5) is 0 Å². The number of fused-ring (bicyclic) bond motifs is 2. The quantitative estimate of drug-likeness (QED) is 0.457. The second kappa shape index (κ2) is 8.97. The Balaban J connectivity index is 1.78. The summed E-state index contributed by atoms with van der Waals surface area (Å²) < 4.78 is 18.1. The number of aromatic nitrogens is 1. The lowest BCUT2D eigenvalue weighted by Gasteiger charge is -2.52. The molecular formula is C26H36N2O6Si. The minimum absolute atomic E-state index is 0.0303. The van der Waals surface area contributed by atoms with E-state index in [1.54, 1.807) is 12.2 Å². The lowest BCUT2D eigenvalue weighted by molar-refractivity contribution is -0.126. The predicted octanol–water partition coefficient (Wildman–Crippen LogP) is 3.72. The molecule has 5 atom stereocenters. The maximum Gasteiger partial charge on any atom is 0.265 e. The molecule has 2 aliphatic rings. The van der Waals surface area contributed by atoms with E-state index in [0.29, 0.717) is 5.76 Å². The third-order valence-corrected chi connectivity index (χ3v) is 12.1. The number of hydrogen-bond acceptors (Lipinski definition) is 8. The first-order chi connectivity index (χ1) is 16.3.